The quantitative estimate of drug-likeness (QED) is 0.845. The van der Waals surface area contributed by atoms with Crippen molar-refractivity contribution >= 4 is 5.78 Å². The molecule has 0 saturated heterocycles. The Bertz CT molecular complexity index is 495. The summed E-state index contributed by atoms with van der Waals surface area (Å²) in [5, 5.41) is 0. The first kappa shape index (κ1) is 13.6. The standard InChI is InChI=1S/C17H22O3/c1-19-13-5-3-6-14(10-13)20-15-9-8-12-4-2-7-17(18)16(12)11-15/h8-9,11,13-14H,2-7,10H2,1H3. The number of ketones is 1. The summed E-state index contributed by atoms with van der Waals surface area (Å²) in [5.74, 6) is 1.09. The molecule has 0 aromatic heterocycles. The van der Waals surface area contributed by atoms with Crippen molar-refractivity contribution in [2.24, 2.45) is 0 Å². The summed E-state index contributed by atoms with van der Waals surface area (Å²) >= 11 is 0. The first-order valence-electron chi connectivity index (χ1n) is 7.62. The summed E-state index contributed by atoms with van der Waals surface area (Å²) in [6.07, 6.45) is 7.48. The van der Waals surface area contributed by atoms with Crippen molar-refractivity contribution < 1.29 is 14.3 Å². The Morgan fingerprint density at radius 1 is 1.10 bits per heavy atom. The lowest BCUT2D eigenvalue weighted by atomic mass is 9.90. The van der Waals surface area contributed by atoms with Crippen LogP contribution in [0, 0.1) is 0 Å². The lowest BCUT2D eigenvalue weighted by Gasteiger charge is -2.29. The van der Waals surface area contributed by atoms with E-state index in [4.69, 9.17) is 9.47 Å². The normalized spacial score (nSPS) is 26.1. The zero-order valence-electron chi connectivity index (χ0n) is 12.1. The summed E-state index contributed by atoms with van der Waals surface area (Å²) in [5.41, 5.74) is 2.04. The summed E-state index contributed by atoms with van der Waals surface area (Å²) in [4.78, 5) is 12.0. The van der Waals surface area contributed by atoms with Crippen molar-refractivity contribution in [2.45, 2.75) is 57.2 Å². The van der Waals surface area contributed by atoms with Gasteiger partial charge in [0.15, 0.2) is 5.78 Å². The first-order valence-corrected chi connectivity index (χ1v) is 7.62. The molecular formula is C17H22O3. The van der Waals surface area contributed by atoms with Crippen LogP contribution in [0.3, 0.4) is 0 Å². The third-order valence-electron chi connectivity index (χ3n) is 4.45. The number of Topliss-reactive ketones (excluding diaryl/α,β-unsaturated/α-hetero) is 1. The van der Waals surface area contributed by atoms with Gasteiger partial charge in [-0.3, -0.25) is 4.79 Å². The van der Waals surface area contributed by atoms with Crippen LogP contribution in [0.25, 0.3) is 0 Å². The van der Waals surface area contributed by atoms with E-state index in [9.17, 15) is 4.79 Å². The predicted molar refractivity (Wildman–Crippen MR) is 77.4 cm³/mol. The maximum atomic E-state index is 12.0. The monoisotopic (exact) mass is 274 g/mol. The van der Waals surface area contributed by atoms with Crippen molar-refractivity contribution in [3.63, 3.8) is 0 Å². The third-order valence-corrected chi connectivity index (χ3v) is 4.45. The highest BCUT2D eigenvalue weighted by Crippen LogP contribution is 2.29. The molecule has 3 nitrogen and oxygen atoms in total. The largest absolute Gasteiger partial charge is 0.490 e. The van der Waals surface area contributed by atoms with Gasteiger partial charge in [-0.05, 0) is 49.8 Å². The van der Waals surface area contributed by atoms with E-state index in [1.807, 2.05) is 12.1 Å². The number of rotatable bonds is 3. The zero-order valence-corrected chi connectivity index (χ0v) is 12.1. The van der Waals surface area contributed by atoms with E-state index in [-0.39, 0.29) is 11.9 Å². The second kappa shape index (κ2) is 5.96. The van der Waals surface area contributed by atoms with Gasteiger partial charge in [0.25, 0.3) is 0 Å². The molecule has 2 aliphatic carbocycles. The Kier molecular flexibility index (Phi) is 4.06. The van der Waals surface area contributed by atoms with Crippen molar-refractivity contribution in [3.8, 4) is 5.75 Å². The minimum absolute atomic E-state index is 0.213. The molecule has 0 radical (unpaired) electrons. The van der Waals surface area contributed by atoms with Crippen LogP contribution >= 0.6 is 0 Å². The number of hydrogen-bond acceptors (Lipinski definition) is 3. The van der Waals surface area contributed by atoms with Gasteiger partial charge >= 0.3 is 0 Å². The highest BCUT2D eigenvalue weighted by Gasteiger charge is 2.24. The number of fused-ring (bicyclic) bond motifs is 1. The number of carbonyl (C=O) groups is 1. The van der Waals surface area contributed by atoms with Gasteiger partial charge in [0.2, 0.25) is 0 Å². The summed E-state index contributed by atoms with van der Waals surface area (Å²) in [7, 11) is 1.77. The molecule has 0 spiro atoms. The number of methoxy groups -OCH3 is 1. The Labute approximate surface area is 120 Å². The van der Waals surface area contributed by atoms with Gasteiger partial charge in [0, 0.05) is 25.5 Å². The first-order chi connectivity index (χ1) is 9.76. The average molecular weight is 274 g/mol. The highest BCUT2D eigenvalue weighted by molar-refractivity contribution is 5.98. The number of carbonyl (C=O) groups excluding carboxylic acids is 1. The number of benzene rings is 1. The van der Waals surface area contributed by atoms with Gasteiger partial charge in [-0.25, -0.2) is 0 Å². The summed E-state index contributed by atoms with van der Waals surface area (Å²) in [6.45, 7) is 0. The molecule has 3 heteroatoms. The fourth-order valence-corrected chi connectivity index (χ4v) is 3.30. The molecule has 2 aliphatic rings. The molecule has 20 heavy (non-hydrogen) atoms. The van der Waals surface area contributed by atoms with Crippen molar-refractivity contribution in [2.75, 3.05) is 7.11 Å². The van der Waals surface area contributed by atoms with Crippen molar-refractivity contribution in [1.82, 2.24) is 0 Å². The number of ether oxygens (including phenoxy) is 2. The fraction of sp³-hybridized carbons (Fsp3) is 0.588. The fourth-order valence-electron chi connectivity index (χ4n) is 3.30. The van der Waals surface area contributed by atoms with E-state index < -0.39 is 0 Å². The van der Waals surface area contributed by atoms with E-state index in [1.165, 1.54) is 5.56 Å². The molecule has 1 aromatic rings. The molecule has 0 N–H and O–H groups in total. The molecule has 0 bridgehead atoms. The van der Waals surface area contributed by atoms with E-state index in [0.717, 1.165) is 49.8 Å². The molecule has 0 heterocycles. The van der Waals surface area contributed by atoms with Crippen LogP contribution in [0.2, 0.25) is 0 Å². The molecule has 1 fully saturated rings. The SMILES string of the molecule is COC1CCCC(Oc2ccc3c(c2)C(=O)CCC3)C1. The van der Waals surface area contributed by atoms with Gasteiger partial charge in [0.05, 0.1) is 6.10 Å². The molecule has 2 atom stereocenters. The average Bonchev–Trinajstić information content (AvgIpc) is 2.48. The smallest absolute Gasteiger partial charge is 0.163 e. The summed E-state index contributed by atoms with van der Waals surface area (Å²) in [6, 6.07) is 6.00. The Morgan fingerprint density at radius 3 is 2.80 bits per heavy atom. The third kappa shape index (κ3) is 2.88. The van der Waals surface area contributed by atoms with Crippen LogP contribution in [-0.2, 0) is 11.2 Å². The second-order valence-corrected chi connectivity index (χ2v) is 5.86. The molecule has 108 valence electrons. The molecule has 2 unspecified atom stereocenters. The topological polar surface area (TPSA) is 35.5 Å². The van der Waals surface area contributed by atoms with Gasteiger partial charge in [-0.15, -0.1) is 0 Å². The van der Waals surface area contributed by atoms with E-state index in [2.05, 4.69) is 6.07 Å². The maximum Gasteiger partial charge on any atom is 0.163 e. The zero-order chi connectivity index (χ0) is 13.9. The van der Waals surface area contributed by atoms with Gasteiger partial charge in [-0.2, -0.15) is 0 Å². The van der Waals surface area contributed by atoms with Gasteiger partial charge in [0.1, 0.15) is 11.9 Å². The lowest BCUT2D eigenvalue weighted by molar-refractivity contribution is 0.0209. The van der Waals surface area contributed by atoms with Gasteiger partial charge < -0.3 is 9.47 Å². The molecule has 3 rings (SSSR count). The molecular weight excluding hydrogens is 252 g/mol. The number of aryl methyl sites for hydroxylation is 1. The van der Waals surface area contributed by atoms with Crippen LogP contribution in [0.4, 0.5) is 0 Å². The molecule has 0 amide bonds. The minimum atomic E-state index is 0.213. The Balaban J connectivity index is 1.71. The molecule has 1 saturated carbocycles. The van der Waals surface area contributed by atoms with E-state index >= 15 is 0 Å². The van der Waals surface area contributed by atoms with Crippen molar-refractivity contribution in [3.05, 3.63) is 29.3 Å². The van der Waals surface area contributed by atoms with Crippen LogP contribution in [0.15, 0.2) is 18.2 Å². The van der Waals surface area contributed by atoms with Crippen LogP contribution < -0.4 is 4.74 Å². The molecule has 1 aromatic carbocycles. The number of hydrogen-bond donors (Lipinski definition) is 0. The van der Waals surface area contributed by atoms with Crippen LogP contribution in [0.5, 0.6) is 5.75 Å². The lowest BCUT2D eigenvalue weighted by Crippen LogP contribution is -2.29. The molecule has 0 aliphatic heterocycles. The van der Waals surface area contributed by atoms with Crippen LogP contribution in [0.1, 0.15) is 54.4 Å². The Morgan fingerprint density at radius 2 is 1.95 bits per heavy atom. The highest BCUT2D eigenvalue weighted by atomic mass is 16.5. The van der Waals surface area contributed by atoms with Crippen molar-refractivity contribution in [1.29, 1.82) is 0 Å². The van der Waals surface area contributed by atoms with E-state index in [0.29, 0.717) is 12.5 Å². The predicted octanol–water partition coefficient (Wildman–Crippen LogP) is 3.54. The van der Waals surface area contributed by atoms with Gasteiger partial charge in [-0.1, -0.05) is 6.07 Å². The Hall–Kier alpha value is -1.35. The maximum absolute atomic E-state index is 12.0. The van der Waals surface area contributed by atoms with E-state index in [1.54, 1.807) is 7.11 Å². The summed E-state index contributed by atoms with van der Waals surface area (Å²) < 4.78 is 11.5. The second-order valence-electron chi connectivity index (χ2n) is 5.86. The van der Waals surface area contributed by atoms with Crippen LogP contribution in [-0.4, -0.2) is 25.1 Å². The minimum Gasteiger partial charge on any atom is -0.490 e.